The first-order chi connectivity index (χ1) is 9.61. The van der Waals surface area contributed by atoms with E-state index in [-0.39, 0.29) is 23.1 Å². The van der Waals surface area contributed by atoms with Crippen molar-refractivity contribution in [3.05, 3.63) is 27.9 Å². The first-order valence-electron chi connectivity index (χ1n) is 6.64. The molecule has 0 saturated carbocycles. The monoisotopic (exact) mass is 275 g/mol. The van der Waals surface area contributed by atoms with E-state index in [0.29, 0.717) is 0 Å². The van der Waals surface area contributed by atoms with Crippen molar-refractivity contribution in [2.75, 3.05) is 25.0 Å². The number of nitro groups is 1. The molecule has 1 aliphatic rings. The van der Waals surface area contributed by atoms with Gasteiger partial charge in [-0.05, 0) is 38.9 Å². The topological polar surface area (TPSA) is 95.1 Å². The quantitative estimate of drug-likeness (QED) is 0.649. The Balaban J connectivity index is 2.12. The Kier molecular flexibility index (Phi) is 4.48. The van der Waals surface area contributed by atoms with E-state index in [4.69, 9.17) is 5.26 Å². The Hall–Kier alpha value is -2.20. The third-order valence-electron chi connectivity index (χ3n) is 3.34. The van der Waals surface area contributed by atoms with E-state index in [1.54, 1.807) is 0 Å². The van der Waals surface area contributed by atoms with E-state index in [2.05, 4.69) is 15.2 Å². The van der Waals surface area contributed by atoms with Crippen LogP contribution in [0.1, 0.15) is 25.3 Å². The summed E-state index contributed by atoms with van der Waals surface area (Å²) < 4.78 is 0. The van der Waals surface area contributed by atoms with Gasteiger partial charge in [-0.15, -0.1) is 0 Å². The zero-order valence-corrected chi connectivity index (χ0v) is 11.4. The number of hydrogen-bond acceptors (Lipinski definition) is 6. The van der Waals surface area contributed by atoms with Gasteiger partial charge in [0.15, 0.2) is 0 Å². The zero-order chi connectivity index (χ0) is 14.5. The minimum absolute atomic E-state index is 0.0286. The molecule has 1 saturated heterocycles. The minimum atomic E-state index is -0.559. The highest BCUT2D eigenvalue weighted by Crippen LogP contribution is 2.26. The molecule has 1 fully saturated rings. The second kappa shape index (κ2) is 6.30. The lowest BCUT2D eigenvalue weighted by Crippen LogP contribution is -2.33. The molecule has 106 valence electrons. The van der Waals surface area contributed by atoms with E-state index in [9.17, 15) is 10.1 Å². The lowest BCUT2D eigenvalue weighted by atomic mass is 10.2. The molecule has 2 heterocycles. The van der Waals surface area contributed by atoms with E-state index < -0.39 is 4.92 Å². The molecular weight excluding hydrogens is 258 g/mol. The van der Waals surface area contributed by atoms with E-state index >= 15 is 0 Å². The molecule has 0 radical (unpaired) electrons. The molecule has 0 aliphatic carbocycles. The highest BCUT2D eigenvalue weighted by Gasteiger charge is 2.23. The number of nitrogens with zero attached hydrogens (tertiary/aromatic N) is 4. The van der Waals surface area contributed by atoms with Gasteiger partial charge in [-0.1, -0.05) is 0 Å². The van der Waals surface area contributed by atoms with Crippen molar-refractivity contribution >= 4 is 11.5 Å². The van der Waals surface area contributed by atoms with Gasteiger partial charge in [0.25, 0.3) is 0 Å². The summed E-state index contributed by atoms with van der Waals surface area (Å²) in [7, 11) is 0. The molecule has 7 nitrogen and oxygen atoms in total. The van der Waals surface area contributed by atoms with Gasteiger partial charge in [-0.25, -0.2) is 4.98 Å². The maximum absolute atomic E-state index is 11.1. The molecule has 2 rings (SSSR count). The Morgan fingerprint density at radius 2 is 2.30 bits per heavy atom. The molecule has 0 amide bonds. The summed E-state index contributed by atoms with van der Waals surface area (Å²) in [6, 6.07) is 3.22. The molecule has 1 aromatic heterocycles. The van der Waals surface area contributed by atoms with Crippen LogP contribution in [0.2, 0.25) is 0 Å². The largest absolute Gasteiger partial charge is 0.361 e. The van der Waals surface area contributed by atoms with Crippen molar-refractivity contribution in [3.8, 4) is 6.07 Å². The number of pyridine rings is 1. The van der Waals surface area contributed by atoms with E-state index in [1.165, 1.54) is 25.1 Å². The van der Waals surface area contributed by atoms with Crippen molar-refractivity contribution in [1.82, 2.24) is 9.88 Å². The highest BCUT2D eigenvalue weighted by molar-refractivity contribution is 5.64. The summed E-state index contributed by atoms with van der Waals surface area (Å²) in [6.07, 6.45) is 3.82. The fourth-order valence-electron chi connectivity index (χ4n) is 2.47. The number of likely N-dealkylation sites (tertiary alicyclic amines) is 1. The lowest BCUT2D eigenvalue weighted by molar-refractivity contribution is -0.384. The molecule has 7 heteroatoms. The van der Waals surface area contributed by atoms with Crippen molar-refractivity contribution < 1.29 is 4.92 Å². The van der Waals surface area contributed by atoms with Crippen LogP contribution in [0.5, 0.6) is 0 Å². The van der Waals surface area contributed by atoms with Crippen LogP contribution < -0.4 is 5.32 Å². The van der Waals surface area contributed by atoms with Crippen molar-refractivity contribution in [3.63, 3.8) is 0 Å². The predicted octanol–water partition coefficient (Wildman–Crippen LogP) is 1.76. The summed E-state index contributed by atoms with van der Waals surface area (Å²) in [5, 5.41) is 23.1. The molecule has 1 unspecified atom stereocenters. The standard InChI is InChI=1S/C13H17N5O2/c1-10(9-17-6-2-3-7-17)16-13-12(18(19)20)11(8-14)4-5-15-13/h4-5,10H,2-3,6-7,9H2,1H3,(H,15,16). The molecule has 1 aliphatic heterocycles. The van der Waals surface area contributed by atoms with E-state index in [1.807, 2.05) is 13.0 Å². The SMILES string of the molecule is CC(CN1CCCC1)Nc1nccc(C#N)c1[N+](=O)[O-]. The van der Waals surface area contributed by atoms with Gasteiger partial charge in [-0.3, -0.25) is 10.1 Å². The van der Waals surface area contributed by atoms with Crippen LogP contribution in [0, 0.1) is 21.4 Å². The first-order valence-corrected chi connectivity index (χ1v) is 6.64. The van der Waals surface area contributed by atoms with Gasteiger partial charge in [0.1, 0.15) is 11.6 Å². The Bertz CT molecular complexity index is 534. The Labute approximate surface area is 117 Å². The van der Waals surface area contributed by atoms with E-state index in [0.717, 1.165) is 19.6 Å². The van der Waals surface area contributed by atoms with Crippen LogP contribution in [0.15, 0.2) is 12.3 Å². The number of nitrogens with one attached hydrogen (secondary N) is 1. The van der Waals surface area contributed by atoms with Gasteiger partial charge in [-0.2, -0.15) is 5.26 Å². The molecular formula is C13H17N5O2. The molecule has 1 aromatic rings. The minimum Gasteiger partial charge on any atom is -0.361 e. The van der Waals surface area contributed by atoms with Gasteiger partial charge in [0, 0.05) is 18.8 Å². The number of aromatic nitrogens is 1. The second-order valence-corrected chi connectivity index (χ2v) is 4.98. The number of anilines is 1. The fourth-order valence-corrected chi connectivity index (χ4v) is 2.47. The number of hydrogen-bond donors (Lipinski definition) is 1. The maximum atomic E-state index is 11.1. The molecule has 1 atom stereocenters. The third-order valence-corrected chi connectivity index (χ3v) is 3.34. The van der Waals surface area contributed by atoms with Gasteiger partial charge in [0.2, 0.25) is 5.82 Å². The first kappa shape index (κ1) is 14.2. The van der Waals surface area contributed by atoms with Crippen molar-refractivity contribution in [1.29, 1.82) is 5.26 Å². The fraction of sp³-hybridized carbons (Fsp3) is 0.538. The summed E-state index contributed by atoms with van der Waals surface area (Å²) in [5.74, 6) is 0.167. The highest BCUT2D eigenvalue weighted by atomic mass is 16.6. The van der Waals surface area contributed by atoms with Gasteiger partial charge < -0.3 is 10.2 Å². The van der Waals surface area contributed by atoms with Crippen molar-refractivity contribution in [2.24, 2.45) is 0 Å². The van der Waals surface area contributed by atoms with Crippen LogP contribution in [-0.4, -0.2) is 40.5 Å². The molecule has 0 aromatic carbocycles. The normalized spacial score (nSPS) is 16.6. The van der Waals surface area contributed by atoms with Crippen LogP contribution in [-0.2, 0) is 0 Å². The second-order valence-electron chi connectivity index (χ2n) is 4.98. The number of nitriles is 1. The van der Waals surface area contributed by atoms with Crippen LogP contribution in [0.25, 0.3) is 0 Å². The Morgan fingerprint density at radius 3 is 2.90 bits per heavy atom. The summed E-state index contributed by atoms with van der Waals surface area (Å²) >= 11 is 0. The summed E-state index contributed by atoms with van der Waals surface area (Å²) in [4.78, 5) is 16.9. The van der Waals surface area contributed by atoms with Crippen molar-refractivity contribution in [2.45, 2.75) is 25.8 Å². The maximum Gasteiger partial charge on any atom is 0.328 e. The average molecular weight is 275 g/mol. The van der Waals surface area contributed by atoms with Gasteiger partial charge >= 0.3 is 5.69 Å². The zero-order valence-electron chi connectivity index (χ0n) is 11.4. The Morgan fingerprint density at radius 1 is 1.60 bits per heavy atom. The third kappa shape index (κ3) is 3.22. The van der Waals surface area contributed by atoms with Crippen LogP contribution in [0.4, 0.5) is 11.5 Å². The molecule has 0 bridgehead atoms. The number of rotatable bonds is 5. The van der Waals surface area contributed by atoms with Gasteiger partial charge in [0.05, 0.1) is 4.92 Å². The summed E-state index contributed by atoms with van der Waals surface area (Å²) in [6.45, 7) is 4.91. The van der Waals surface area contributed by atoms with Crippen LogP contribution >= 0.6 is 0 Å². The average Bonchev–Trinajstić information content (AvgIpc) is 2.90. The lowest BCUT2D eigenvalue weighted by Gasteiger charge is -2.21. The predicted molar refractivity (Wildman–Crippen MR) is 74.4 cm³/mol. The smallest absolute Gasteiger partial charge is 0.328 e. The summed E-state index contributed by atoms with van der Waals surface area (Å²) in [5.41, 5.74) is -0.218. The molecule has 1 N–H and O–H groups in total. The molecule has 0 spiro atoms. The molecule has 20 heavy (non-hydrogen) atoms. The van der Waals surface area contributed by atoms with Crippen LogP contribution in [0.3, 0.4) is 0 Å².